The van der Waals surface area contributed by atoms with Gasteiger partial charge in [0, 0.05) is 50.5 Å². The Kier molecular flexibility index (Phi) is 14.8. The number of methoxy groups -OCH3 is 1. The molecule has 0 saturated carbocycles. The van der Waals surface area contributed by atoms with Gasteiger partial charge < -0.3 is 24.8 Å². The van der Waals surface area contributed by atoms with Crippen LogP contribution in [-0.4, -0.2) is 99.2 Å². The van der Waals surface area contributed by atoms with Crippen LogP contribution in [0.2, 0.25) is 0 Å². The fourth-order valence-corrected chi connectivity index (χ4v) is 7.09. The molecule has 284 valence electrons. The number of carbonyl (C=O) groups excluding carboxylic acids is 3. The van der Waals surface area contributed by atoms with Crippen LogP contribution in [0.1, 0.15) is 74.2 Å². The Hall–Kier alpha value is -4.46. The summed E-state index contributed by atoms with van der Waals surface area (Å²) in [6.07, 6.45) is -1.13. The van der Waals surface area contributed by atoms with Crippen molar-refractivity contribution in [3.05, 3.63) is 89.5 Å². The van der Waals surface area contributed by atoms with Crippen LogP contribution in [0.25, 0.3) is 0 Å². The van der Waals surface area contributed by atoms with E-state index in [4.69, 9.17) is 9.47 Å². The smallest absolute Gasteiger partial charge is 0.414 e. The lowest BCUT2D eigenvalue weighted by Gasteiger charge is -2.31. The number of amides is 3. The zero-order chi connectivity index (χ0) is 38.8. The van der Waals surface area contributed by atoms with Gasteiger partial charge in [-0.2, -0.15) is 4.31 Å². The van der Waals surface area contributed by atoms with Crippen LogP contribution in [0.4, 0.5) is 10.5 Å². The Labute approximate surface area is 308 Å². The Morgan fingerprint density at radius 3 is 2.08 bits per heavy atom. The van der Waals surface area contributed by atoms with Crippen LogP contribution in [0, 0.1) is 5.92 Å². The number of anilines is 1. The predicted molar refractivity (Wildman–Crippen MR) is 202 cm³/mol. The highest BCUT2D eigenvalue weighted by Crippen LogP contribution is 2.24. The third-order valence-electron chi connectivity index (χ3n) is 8.12. The summed E-state index contributed by atoms with van der Waals surface area (Å²) >= 11 is 0. The van der Waals surface area contributed by atoms with Gasteiger partial charge in [-0.15, -0.1) is 0 Å². The van der Waals surface area contributed by atoms with Gasteiger partial charge in [-0.25, -0.2) is 13.2 Å². The van der Waals surface area contributed by atoms with Gasteiger partial charge in [0.15, 0.2) is 0 Å². The molecule has 3 aromatic rings. The van der Waals surface area contributed by atoms with E-state index >= 15 is 0 Å². The number of nitrogens with one attached hydrogen (secondary N) is 1. The van der Waals surface area contributed by atoms with Crippen molar-refractivity contribution in [2.24, 2.45) is 5.92 Å². The highest BCUT2D eigenvalue weighted by Gasteiger charge is 2.32. The molecule has 3 aromatic carbocycles. The number of benzene rings is 3. The standard InChI is InChI=1S/C39H54N4O8S/c1-10-20-41(7)37(46)30-22-29(23-31(24-30)42(8)38(47)51-39(4,5)6)36(45)40-34(21-28-14-12-11-13-15-28)35(44)26-43(25-27(2)3)52(48,49)33-18-16-32(50-9)17-19-33/h11-19,22-24,27,34-35,44H,10,20-21,25-26H2,1-9H3,(H,40,45)/t34-,35+/m0/s1. The van der Waals surface area contributed by atoms with Crippen LogP contribution in [0.3, 0.4) is 0 Å². The second-order valence-electron chi connectivity index (χ2n) is 14.3. The summed E-state index contributed by atoms with van der Waals surface area (Å²) in [5.74, 6) is -0.540. The molecule has 2 atom stereocenters. The van der Waals surface area contributed by atoms with Crippen molar-refractivity contribution in [1.82, 2.24) is 14.5 Å². The van der Waals surface area contributed by atoms with E-state index in [1.165, 1.54) is 58.6 Å². The number of aliphatic hydroxyl groups excluding tert-OH is 1. The summed E-state index contributed by atoms with van der Waals surface area (Å²) in [7, 11) is 0.585. The maximum Gasteiger partial charge on any atom is 0.414 e. The first-order valence-electron chi connectivity index (χ1n) is 17.4. The van der Waals surface area contributed by atoms with Crippen molar-refractivity contribution < 1.29 is 37.4 Å². The van der Waals surface area contributed by atoms with Gasteiger partial charge in [-0.05, 0) is 87.6 Å². The number of sulfonamides is 1. The molecule has 0 saturated heterocycles. The Morgan fingerprint density at radius 2 is 1.52 bits per heavy atom. The number of nitrogens with zero attached hydrogens (tertiary/aromatic N) is 3. The average Bonchev–Trinajstić information content (AvgIpc) is 3.09. The van der Waals surface area contributed by atoms with E-state index in [1.54, 1.807) is 40.0 Å². The van der Waals surface area contributed by atoms with E-state index < -0.39 is 39.8 Å². The summed E-state index contributed by atoms with van der Waals surface area (Å²) in [5.41, 5.74) is 0.518. The number of carbonyl (C=O) groups is 3. The lowest BCUT2D eigenvalue weighted by atomic mass is 9.99. The molecule has 0 spiro atoms. The second kappa shape index (κ2) is 18.3. The maximum atomic E-state index is 14.1. The highest BCUT2D eigenvalue weighted by atomic mass is 32.2. The largest absolute Gasteiger partial charge is 0.497 e. The van der Waals surface area contributed by atoms with Crippen molar-refractivity contribution in [1.29, 1.82) is 0 Å². The van der Waals surface area contributed by atoms with E-state index in [9.17, 15) is 27.9 Å². The Balaban J connectivity index is 2.04. The highest BCUT2D eigenvalue weighted by molar-refractivity contribution is 7.89. The molecule has 3 rings (SSSR count). The van der Waals surface area contributed by atoms with Gasteiger partial charge in [0.05, 0.1) is 24.2 Å². The van der Waals surface area contributed by atoms with Gasteiger partial charge in [0.1, 0.15) is 11.4 Å². The summed E-state index contributed by atoms with van der Waals surface area (Å²) in [4.78, 5) is 43.4. The first kappa shape index (κ1) is 42.0. The Bertz CT molecular complexity index is 1760. The topological polar surface area (TPSA) is 146 Å². The summed E-state index contributed by atoms with van der Waals surface area (Å²) in [5, 5.41) is 14.7. The molecule has 0 fully saturated rings. The van der Waals surface area contributed by atoms with Crippen LogP contribution in [0.15, 0.2) is 77.7 Å². The zero-order valence-electron chi connectivity index (χ0n) is 31.8. The SMILES string of the molecule is CCCN(C)C(=O)c1cc(C(=O)N[C@@H](Cc2ccccc2)[C@H](O)CN(CC(C)C)S(=O)(=O)c2ccc(OC)cc2)cc(N(C)C(=O)OC(C)(C)C)c1. The monoisotopic (exact) mass is 738 g/mol. The van der Waals surface area contributed by atoms with Crippen molar-refractivity contribution in [3.8, 4) is 5.75 Å². The van der Waals surface area contributed by atoms with E-state index in [-0.39, 0.29) is 53.0 Å². The fraction of sp³-hybridized carbons (Fsp3) is 0.462. The minimum Gasteiger partial charge on any atom is -0.497 e. The zero-order valence-corrected chi connectivity index (χ0v) is 32.6. The molecule has 0 unspecified atom stereocenters. The van der Waals surface area contributed by atoms with Crippen molar-refractivity contribution >= 4 is 33.6 Å². The molecule has 0 aromatic heterocycles. The molecule has 0 aliphatic heterocycles. The molecule has 12 nitrogen and oxygen atoms in total. The van der Waals surface area contributed by atoms with Crippen LogP contribution in [-0.2, 0) is 21.2 Å². The molecule has 13 heteroatoms. The first-order valence-corrected chi connectivity index (χ1v) is 18.8. The molecule has 0 bridgehead atoms. The molecule has 0 aliphatic carbocycles. The number of hydrogen-bond acceptors (Lipinski definition) is 8. The van der Waals surface area contributed by atoms with E-state index in [1.807, 2.05) is 51.1 Å². The van der Waals surface area contributed by atoms with Gasteiger partial charge >= 0.3 is 6.09 Å². The van der Waals surface area contributed by atoms with Crippen LogP contribution in [0.5, 0.6) is 5.75 Å². The van der Waals surface area contributed by atoms with E-state index in [2.05, 4.69) is 5.32 Å². The average molecular weight is 739 g/mol. The molecule has 0 heterocycles. The van der Waals surface area contributed by atoms with E-state index in [0.29, 0.717) is 18.7 Å². The maximum absolute atomic E-state index is 14.1. The molecule has 0 radical (unpaired) electrons. The third-order valence-corrected chi connectivity index (χ3v) is 9.97. The number of hydrogen-bond donors (Lipinski definition) is 2. The van der Waals surface area contributed by atoms with Crippen LogP contribution >= 0.6 is 0 Å². The minimum absolute atomic E-state index is 0.0426. The first-order chi connectivity index (χ1) is 24.4. The summed E-state index contributed by atoms with van der Waals surface area (Å²) in [6, 6.07) is 18.7. The van der Waals surface area contributed by atoms with Gasteiger partial charge in [0.2, 0.25) is 10.0 Å². The van der Waals surface area contributed by atoms with Crippen molar-refractivity contribution in [2.45, 2.75) is 77.0 Å². The summed E-state index contributed by atoms with van der Waals surface area (Å²) < 4.78 is 39.7. The lowest BCUT2D eigenvalue weighted by molar-refractivity contribution is 0.0588. The fourth-order valence-electron chi connectivity index (χ4n) is 5.47. The molecule has 52 heavy (non-hydrogen) atoms. The Morgan fingerprint density at radius 1 is 0.904 bits per heavy atom. The lowest BCUT2D eigenvalue weighted by Crippen LogP contribution is -2.51. The minimum atomic E-state index is -4.05. The van der Waals surface area contributed by atoms with Gasteiger partial charge in [-0.1, -0.05) is 51.1 Å². The second-order valence-corrected chi connectivity index (χ2v) is 16.2. The number of aliphatic hydroxyl groups is 1. The predicted octanol–water partition coefficient (Wildman–Crippen LogP) is 5.60. The van der Waals surface area contributed by atoms with Crippen molar-refractivity contribution in [2.75, 3.05) is 45.7 Å². The third kappa shape index (κ3) is 11.8. The molecule has 3 amide bonds. The molecule has 2 N–H and O–H groups in total. The number of rotatable bonds is 16. The van der Waals surface area contributed by atoms with Gasteiger partial charge in [0.25, 0.3) is 11.8 Å². The molecular weight excluding hydrogens is 685 g/mol. The van der Waals surface area contributed by atoms with Crippen molar-refractivity contribution in [3.63, 3.8) is 0 Å². The quantitative estimate of drug-likeness (QED) is 0.193. The number of ether oxygens (including phenoxy) is 2. The van der Waals surface area contributed by atoms with Gasteiger partial charge in [-0.3, -0.25) is 14.5 Å². The molecule has 0 aliphatic rings. The molecular formula is C39H54N4O8S. The summed E-state index contributed by atoms with van der Waals surface area (Å²) in [6.45, 7) is 11.2. The van der Waals surface area contributed by atoms with E-state index in [0.717, 1.165) is 5.56 Å². The normalized spacial score (nSPS) is 13.0. The van der Waals surface area contributed by atoms with Crippen LogP contribution < -0.4 is 15.0 Å².